The number of aromatic hydroxyl groups is 1. The van der Waals surface area contributed by atoms with E-state index in [0.717, 1.165) is 117 Å². The number of carbonyl (C=O) groups excluding carboxylic acids is 10. The van der Waals surface area contributed by atoms with Crippen molar-refractivity contribution in [3.05, 3.63) is 70.0 Å². The molecule has 2 fully saturated rings. The molecule has 2 aromatic carbocycles. The number of hydrogen-bond acceptors (Lipinski definition) is 23. The number of phenols is 1. The molecule has 2 aromatic rings. The fraction of sp³-hybridized carbons (Fsp3) is 0.735. The fourth-order valence-corrected chi connectivity index (χ4v) is 19.5. The molecular weight excluding hydrogens is 1700 g/mol. The molecule has 34 nitrogen and oxygen atoms in total. The van der Waals surface area contributed by atoms with Crippen LogP contribution in [0.2, 0.25) is 0 Å². The van der Waals surface area contributed by atoms with Crippen molar-refractivity contribution >= 4 is 64.9 Å². The maximum absolute atomic E-state index is 15.1. The lowest BCUT2D eigenvalue weighted by Gasteiger charge is -2.56. The number of nitrogens with zero attached hydrogens (tertiary/aromatic N) is 1. The zero-order valence-electron chi connectivity index (χ0n) is 80.4. The zero-order valence-corrected chi connectivity index (χ0v) is 80.4. The van der Waals surface area contributed by atoms with Crippen LogP contribution in [0.3, 0.4) is 0 Å². The zero-order chi connectivity index (χ0) is 95.4. The Hall–Kier alpha value is -8.60. The van der Waals surface area contributed by atoms with E-state index in [1.165, 1.54) is 5.56 Å². The van der Waals surface area contributed by atoms with Crippen LogP contribution < -0.4 is 64.6 Å². The largest absolute Gasteiger partial charge is 0.508 e. The van der Waals surface area contributed by atoms with E-state index in [1.807, 2.05) is 44.2 Å². The number of carbonyl (C=O) groups is 10. The summed E-state index contributed by atoms with van der Waals surface area (Å²) in [5, 5.41) is 40.0. The summed E-state index contributed by atoms with van der Waals surface area (Å²) >= 11 is 0. The van der Waals surface area contributed by atoms with Gasteiger partial charge in [-0.15, -0.1) is 5.92 Å². The maximum atomic E-state index is 15.1. The lowest BCUT2D eigenvalue weighted by molar-refractivity contribution is -0.869. The Balaban J connectivity index is 0.814. The van der Waals surface area contributed by atoms with E-state index in [9.17, 15) is 48.3 Å². The van der Waals surface area contributed by atoms with Crippen LogP contribution in [0.4, 0.5) is 10.5 Å². The number of quaternary nitrogens is 1. The first-order chi connectivity index (χ1) is 63.3. The average Bonchev–Trinajstić information content (AvgIpc) is 0.720. The van der Waals surface area contributed by atoms with Crippen LogP contribution in [0.1, 0.15) is 224 Å². The molecule has 6 aliphatic carbocycles. The van der Waals surface area contributed by atoms with Gasteiger partial charge in [0.05, 0.1) is 163 Å². The minimum absolute atomic E-state index is 0.00560. The number of aryl methyl sites for hydroxylation is 2. The minimum atomic E-state index is -1.22. The smallest absolute Gasteiger partial charge is 0.312 e. The van der Waals surface area contributed by atoms with Gasteiger partial charge in [-0.1, -0.05) is 91.7 Å². The quantitative estimate of drug-likeness (QED) is 0.0139. The van der Waals surface area contributed by atoms with Crippen molar-refractivity contribution in [2.24, 2.45) is 40.1 Å². The van der Waals surface area contributed by atoms with Gasteiger partial charge in [0, 0.05) is 56.8 Å². The second-order valence-corrected chi connectivity index (χ2v) is 38.3. The fourth-order valence-electron chi connectivity index (χ4n) is 19.5. The molecule has 6 aliphatic rings. The molecule has 0 spiro atoms. The van der Waals surface area contributed by atoms with Gasteiger partial charge in [-0.05, 0) is 197 Å². The number of anilines is 1. The number of urea groups is 1. The number of fused-ring (bicyclic) bond motifs is 6. The number of ether oxygens (including phenoxy) is 10. The van der Waals surface area contributed by atoms with Crippen LogP contribution >= 0.6 is 0 Å². The van der Waals surface area contributed by atoms with E-state index in [4.69, 9.17) is 58.8 Å². The highest BCUT2D eigenvalue weighted by Crippen LogP contribution is 2.60. The van der Waals surface area contributed by atoms with Crippen molar-refractivity contribution in [3.8, 4) is 17.6 Å². The van der Waals surface area contributed by atoms with Gasteiger partial charge in [-0.2, -0.15) is 0 Å². The second-order valence-electron chi connectivity index (χ2n) is 38.3. The van der Waals surface area contributed by atoms with Crippen LogP contribution in [0, 0.1) is 40.4 Å². The summed E-state index contributed by atoms with van der Waals surface area (Å²) in [5.41, 5.74) is 15.8. The maximum Gasteiger partial charge on any atom is 0.312 e. The summed E-state index contributed by atoms with van der Waals surface area (Å²) in [6.45, 7) is 19.2. The molecule has 8 rings (SSSR count). The lowest BCUT2D eigenvalue weighted by atomic mass is 9.49. The molecule has 15 N–H and O–H groups in total. The highest BCUT2D eigenvalue weighted by Gasteiger charge is 2.59. The first kappa shape index (κ1) is 109. The molecular formula is C98H158N13O21+. The molecule has 740 valence electrons. The van der Waals surface area contributed by atoms with E-state index in [-0.39, 0.29) is 137 Å². The van der Waals surface area contributed by atoms with E-state index < -0.39 is 76.1 Å². The summed E-state index contributed by atoms with van der Waals surface area (Å²) in [6, 6.07) is 7.02. The Bertz CT molecular complexity index is 4100. The molecule has 0 aromatic heterocycles. The first-order valence-corrected chi connectivity index (χ1v) is 48.6. The number of nitrogens with one attached hydrogen (secondary N) is 10. The Morgan fingerprint density at radius 1 is 0.492 bits per heavy atom. The van der Waals surface area contributed by atoms with Crippen LogP contribution in [0.25, 0.3) is 0 Å². The summed E-state index contributed by atoms with van der Waals surface area (Å²) in [4.78, 5) is 138. The number of amides is 11. The third-order valence-electron chi connectivity index (χ3n) is 26.9. The highest BCUT2D eigenvalue weighted by atomic mass is 16.6. The van der Waals surface area contributed by atoms with Gasteiger partial charge in [0.25, 0.3) is 0 Å². The predicted molar refractivity (Wildman–Crippen MR) is 500 cm³/mol. The number of primary amides is 1. The third kappa shape index (κ3) is 35.9. The van der Waals surface area contributed by atoms with Crippen molar-refractivity contribution in [3.63, 3.8) is 0 Å². The minimum Gasteiger partial charge on any atom is -0.508 e. The molecule has 11 atom stereocenters. The number of hydrogen-bond donors (Lipinski definition) is 13. The lowest BCUT2D eigenvalue weighted by Crippen LogP contribution is -2.60. The molecule has 0 aliphatic heterocycles. The Kier molecular flexibility index (Phi) is 46.7. The Morgan fingerprint density at radius 3 is 1.61 bits per heavy atom. The van der Waals surface area contributed by atoms with Crippen LogP contribution in [-0.2, 0) is 114 Å². The van der Waals surface area contributed by atoms with Crippen LogP contribution in [-0.4, -0.2) is 278 Å². The second kappa shape index (κ2) is 56.7. The molecule has 4 unspecified atom stereocenters. The topological polar surface area (TPSA) is 456 Å². The number of nitrogens with two attached hydrogens (primary N) is 2. The Labute approximate surface area is 782 Å². The molecule has 0 saturated heterocycles. The van der Waals surface area contributed by atoms with Crippen LogP contribution in [0.5, 0.6) is 5.75 Å². The molecule has 0 radical (unpaired) electrons. The van der Waals surface area contributed by atoms with Crippen molar-refractivity contribution in [2.75, 3.05) is 185 Å². The molecule has 0 bridgehead atoms. The number of likely N-dealkylation sites (N-methyl/N-ethyl adjacent to an activating group) is 1. The number of phenolic OH excluding ortho intramolecular Hbond substituents is 1. The molecule has 2 saturated carbocycles. The molecule has 34 heteroatoms. The first-order valence-electron chi connectivity index (χ1n) is 48.6. The summed E-state index contributed by atoms with van der Waals surface area (Å²) in [5.74, 6) is 2.12. The van der Waals surface area contributed by atoms with Gasteiger partial charge in [-0.3, -0.25) is 48.5 Å². The number of unbranched alkanes of at least 4 members (excludes halogenated alkanes) is 1. The standard InChI is InChI=1S/C98H157N13O21/c1-69(2)88(91(119)108-79(27-20-44-105-94(100)122)89(117)106-72-33-29-70-31-35-81-95(3,75(70)65-72)39-21-41-97(81,5)92(120)110-93(121)98(6)42-22-40-96(4)76-66-73(112)34-30-71(76)32-36-82(96)98)109-90(118)78(107-84(114)38-50-124-54-58-128-62-64-130-60-56-126-52-47-104-85(115)67-131-74-23-14-11-10-12-15-24-74)26-18-19-43-102-86(116)68-132-80-28-17-13-16-25-77(87(80)99)101-46-51-125-55-59-129-63-61-127-57-53-123-49-37-83(113)103-45-48-111(7,8)9/h29-30,33-34,65-66,69,74,78-82,88,101H,10-14,16-23,25-28,31-32,35-64,67-68,99H2,1-9H3,(H11-,100,102,103,104,105,106,107,108,109,110,112,113,114,115,116,117,118,119,120,121,122)/p+1/t74?,78?,79-,80?,81?,82+,88-,95+,96+,97-,98-/m0/s1. The number of allylic oxidation sites excluding steroid dienone is 1. The van der Waals surface area contributed by atoms with Gasteiger partial charge in [0.2, 0.25) is 53.2 Å². The van der Waals surface area contributed by atoms with Gasteiger partial charge in [0.15, 0.2) is 0 Å². The average molecular weight is 1850 g/mol. The van der Waals surface area contributed by atoms with Crippen molar-refractivity contribution in [1.82, 2.24) is 47.9 Å². The van der Waals surface area contributed by atoms with E-state index in [0.29, 0.717) is 175 Å². The van der Waals surface area contributed by atoms with Gasteiger partial charge >= 0.3 is 6.03 Å². The van der Waals surface area contributed by atoms with Crippen molar-refractivity contribution in [1.29, 1.82) is 0 Å². The number of benzene rings is 2. The van der Waals surface area contributed by atoms with Gasteiger partial charge in [0.1, 0.15) is 43.2 Å². The molecule has 132 heavy (non-hydrogen) atoms. The molecule has 11 amide bonds. The SMILES string of the molecule is CC(C)[C@H](NC(=O)C(CCCCNC(=O)COC1CCCCCC(NCCOCCOCCOCCOCCC(=O)NCC[N+](C)(C)C)=C1N)NC(=O)CCOCCOCCOCCOCCNC(=O)COC1C#CCCCCC1)C(=O)N[C@@H](CCCNC(N)=O)C(=O)Nc1ccc2c(c1)[C@@]1(C)CCC[C@](C)(C(=O)NC(=O)[C@@]3(C)CCC[C@]4(C)c5cc(O)ccc5CC[C@@H]34)C1CC2. The summed E-state index contributed by atoms with van der Waals surface area (Å²) in [7, 11) is 6.23. The number of rotatable bonds is 59. The van der Waals surface area contributed by atoms with Crippen molar-refractivity contribution in [2.45, 2.75) is 256 Å². The van der Waals surface area contributed by atoms with E-state index >= 15 is 4.79 Å². The van der Waals surface area contributed by atoms with E-state index in [2.05, 4.69) is 100.0 Å². The highest BCUT2D eigenvalue weighted by molar-refractivity contribution is 6.01. The van der Waals surface area contributed by atoms with Crippen LogP contribution in [0.15, 0.2) is 47.8 Å². The van der Waals surface area contributed by atoms with Crippen molar-refractivity contribution < 1.29 is 105 Å². The monoisotopic (exact) mass is 1850 g/mol. The van der Waals surface area contributed by atoms with Gasteiger partial charge < -0.3 is 116 Å². The Morgan fingerprint density at radius 2 is 1.01 bits per heavy atom. The summed E-state index contributed by atoms with van der Waals surface area (Å²) in [6.07, 6.45) is 16.9. The van der Waals surface area contributed by atoms with Gasteiger partial charge in [-0.25, -0.2) is 4.79 Å². The molecule has 0 heterocycles. The van der Waals surface area contributed by atoms with E-state index in [1.54, 1.807) is 19.9 Å². The summed E-state index contributed by atoms with van der Waals surface area (Å²) < 4.78 is 57.8. The number of imide groups is 1. The predicted octanol–water partition coefficient (Wildman–Crippen LogP) is 6.85. The normalized spacial score (nSPS) is 22.5. The third-order valence-corrected chi connectivity index (χ3v) is 26.9.